The Balaban J connectivity index is 1.54. The van der Waals surface area contributed by atoms with Crippen LogP contribution in [0.5, 0.6) is 0 Å². The van der Waals surface area contributed by atoms with Crippen molar-refractivity contribution in [1.82, 2.24) is 15.0 Å². The second-order valence-electron chi connectivity index (χ2n) is 5.21. The predicted octanol–water partition coefficient (Wildman–Crippen LogP) is 0.499. The van der Waals surface area contributed by atoms with Gasteiger partial charge in [-0.25, -0.2) is 0 Å². The third-order valence-corrected chi connectivity index (χ3v) is 3.79. The van der Waals surface area contributed by atoms with E-state index in [2.05, 4.69) is 10.1 Å². The molecular weight excluding hydrogens is 262 g/mol. The number of likely N-dealkylation sites (tertiary alicyclic amines) is 1. The topological polar surface area (TPSA) is 77.7 Å². The van der Waals surface area contributed by atoms with E-state index < -0.39 is 6.10 Å². The van der Waals surface area contributed by atoms with Crippen LogP contribution < -0.4 is 0 Å². The molecule has 0 bridgehead atoms. The molecule has 1 atom stereocenters. The summed E-state index contributed by atoms with van der Waals surface area (Å²) in [6, 6.07) is 0. The van der Waals surface area contributed by atoms with Crippen LogP contribution in [-0.2, 0) is 14.3 Å². The van der Waals surface area contributed by atoms with Gasteiger partial charge in [-0.1, -0.05) is 5.16 Å². The van der Waals surface area contributed by atoms with E-state index in [-0.39, 0.29) is 11.8 Å². The monoisotopic (exact) mass is 281 g/mol. The summed E-state index contributed by atoms with van der Waals surface area (Å²) in [5.41, 5.74) is 0. The van der Waals surface area contributed by atoms with Gasteiger partial charge in [-0.3, -0.25) is 4.79 Å². The van der Waals surface area contributed by atoms with Crippen LogP contribution >= 0.6 is 0 Å². The number of ether oxygens (including phenoxy) is 2. The molecule has 1 amide bonds. The third-order valence-electron chi connectivity index (χ3n) is 3.79. The number of hydrogen-bond donors (Lipinski definition) is 0. The van der Waals surface area contributed by atoms with Crippen molar-refractivity contribution < 1.29 is 18.8 Å². The maximum Gasteiger partial charge on any atom is 0.254 e. The van der Waals surface area contributed by atoms with Gasteiger partial charge in [0.15, 0.2) is 11.9 Å². The second-order valence-corrected chi connectivity index (χ2v) is 5.21. The molecule has 1 unspecified atom stereocenters. The Labute approximate surface area is 117 Å². The van der Waals surface area contributed by atoms with Crippen molar-refractivity contribution in [3.8, 4) is 0 Å². The van der Waals surface area contributed by atoms with Crippen LogP contribution in [0.25, 0.3) is 0 Å². The molecule has 2 fully saturated rings. The minimum Gasteiger partial charge on any atom is -0.376 e. The molecule has 0 aromatic carbocycles. The quantitative estimate of drug-likeness (QED) is 0.785. The number of carbonyl (C=O) groups excluding carboxylic acids is 1. The van der Waals surface area contributed by atoms with E-state index in [1.165, 1.54) is 0 Å². The van der Waals surface area contributed by atoms with Crippen molar-refractivity contribution in [3.05, 3.63) is 11.7 Å². The van der Waals surface area contributed by atoms with E-state index in [1.54, 1.807) is 0 Å². The molecule has 7 heteroatoms. The number of amides is 1. The zero-order valence-corrected chi connectivity index (χ0v) is 11.6. The fourth-order valence-corrected chi connectivity index (χ4v) is 2.66. The van der Waals surface area contributed by atoms with Gasteiger partial charge in [0, 0.05) is 19.0 Å². The number of aryl methyl sites for hydroxylation is 1. The van der Waals surface area contributed by atoms with Crippen molar-refractivity contribution in [3.63, 3.8) is 0 Å². The smallest absolute Gasteiger partial charge is 0.254 e. The fraction of sp³-hybridized carbons (Fsp3) is 0.769. The highest BCUT2D eigenvalue weighted by Crippen LogP contribution is 2.27. The van der Waals surface area contributed by atoms with Crippen LogP contribution in [0.1, 0.15) is 30.5 Å². The number of rotatable bonds is 2. The van der Waals surface area contributed by atoms with E-state index in [1.807, 2.05) is 11.8 Å². The zero-order valence-electron chi connectivity index (χ0n) is 11.6. The number of carbonyl (C=O) groups is 1. The van der Waals surface area contributed by atoms with Crippen LogP contribution in [0.3, 0.4) is 0 Å². The fourth-order valence-electron chi connectivity index (χ4n) is 2.66. The normalized spacial score (nSPS) is 24.9. The molecule has 1 aromatic heterocycles. The molecule has 3 rings (SSSR count). The van der Waals surface area contributed by atoms with Gasteiger partial charge < -0.3 is 18.9 Å². The molecule has 0 N–H and O–H groups in total. The van der Waals surface area contributed by atoms with Crippen molar-refractivity contribution in [2.75, 3.05) is 32.9 Å². The minimum absolute atomic E-state index is 0.0323. The Bertz CT molecular complexity index is 462. The molecule has 0 saturated carbocycles. The Kier molecular flexibility index (Phi) is 3.98. The second kappa shape index (κ2) is 5.88. The molecule has 0 aliphatic carbocycles. The molecule has 0 radical (unpaired) electrons. The van der Waals surface area contributed by atoms with Crippen LogP contribution in [0.2, 0.25) is 0 Å². The Morgan fingerprint density at radius 1 is 1.30 bits per heavy atom. The summed E-state index contributed by atoms with van der Waals surface area (Å²) >= 11 is 0. The summed E-state index contributed by atoms with van der Waals surface area (Å²) in [6.07, 6.45) is 1.26. The first-order valence-corrected chi connectivity index (χ1v) is 7.02. The van der Waals surface area contributed by atoms with E-state index in [4.69, 9.17) is 14.0 Å². The van der Waals surface area contributed by atoms with Gasteiger partial charge in [0.1, 0.15) is 0 Å². The predicted molar refractivity (Wildman–Crippen MR) is 68.1 cm³/mol. The first kappa shape index (κ1) is 13.5. The number of aromatic nitrogens is 2. The van der Waals surface area contributed by atoms with E-state index in [0.29, 0.717) is 44.6 Å². The van der Waals surface area contributed by atoms with Gasteiger partial charge in [0.2, 0.25) is 5.89 Å². The van der Waals surface area contributed by atoms with Gasteiger partial charge in [0.25, 0.3) is 5.91 Å². The number of piperidine rings is 1. The maximum atomic E-state index is 12.3. The molecular formula is C13H19N3O4. The lowest BCUT2D eigenvalue weighted by molar-refractivity contribution is -0.159. The van der Waals surface area contributed by atoms with Gasteiger partial charge >= 0.3 is 0 Å². The van der Waals surface area contributed by atoms with Crippen molar-refractivity contribution in [1.29, 1.82) is 0 Å². The Morgan fingerprint density at radius 3 is 2.70 bits per heavy atom. The summed E-state index contributed by atoms with van der Waals surface area (Å²) in [4.78, 5) is 18.4. The molecule has 2 saturated heterocycles. The summed E-state index contributed by atoms with van der Waals surface area (Å²) < 4.78 is 15.9. The average molecular weight is 281 g/mol. The lowest BCUT2D eigenvalue weighted by Gasteiger charge is -2.33. The van der Waals surface area contributed by atoms with Crippen molar-refractivity contribution >= 4 is 5.91 Å². The standard InChI is InChI=1S/C13H19N3O4/c1-9-14-12(20-15-9)10-2-4-16(5-3-10)13(17)11-8-18-6-7-19-11/h10-11H,2-8H2,1H3. The van der Waals surface area contributed by atoms with E-state index >= 15 is 0 Å². The number of nitrogens with zero attached hydrogens (tertiary/aromatic N) is 3. The van der Waals surface area contributed by atoms with Gasteiger partial charge in [-0.15, -0.1) is 0 Å². The molecule has 7 nitrogen and oxygen atoms in total. The molecule has 2 aliphatic heterocycles. The van der Waals surface area contributed by atoms with Crippen LogP contribution in [0.15, 0.2) is 4.52 Å². The largest absolute Gasteiger partial charge is 0.376 e. The Hall–Kier alpha value is -1.47. The molecule has 0 spiro atoms. The summed E-state index contributed by atoms with van der Waals surface area (Å²) in [5, 5.41) is 3.82. The van der Waals surface area contributed by atoms with Gasteiger partial charge in [0.05, 0.1) is 19.8 Å². The summed E-state index contributed by atoms with van der Waals surface area (Å²) in [5.74, 6) is 1.63. The molecule has 3 heterocycles. The van der Waals surface area contributed by atoms with Crippen LogP contribution in [-0.4, -0.2) is 60.0 Å². The molecule has 20 heavy (non-hydrogen) atoms. The summed E-state index contributed by atoms with van der Waals surface area (Å²) in [7, 11) is 0. The highest BCUT2D eigenvalue weighted by atomic mass is 16.6. The number of hydrogen-bond acceptors (Lipinski definition) is 6. The first-order valence-electron chi connectivity index (χ1n) is 7.02. The third kappa shape index (κ3) is 2.83. The maximum absolute atomic E-state index is 12.3. The lowest BCUT2D eigenvalue weighted by atomic mass is 9.96. The average Bonchev–Trinajstić information content (AvgIpc) is 2.94. The van der Waals surface area contributed by atoms with Crippen molar-refractivity contribution in [2.45, 2.75) is 31.8 Å². The lowest BCUT2D eigenvalue weighted by Crippen LogP contribution is -2.47. The SMILES string of the molecule is Cc1noc(C2CCN(C(=O)C3COCCO3)CC2)n1. The van der Waals surface area contributed by atoms with Crippen LogP contribution in [0, 0.1) is 6.92 Å². The highest BCUT2D eigenvalue weighted by Gasteiger charge is 2.32. The van der Waals surface area contributed by atoms with E-state index in [0.717, 1.165) is 12.8 Å². The highest BCUT2D eigenvalue weighted by molar-refractivity contribution is 5.81. The zero-order chi connectivity index (χ0) is 13.9. The molecule has 1 aromatic rings. The van der Waals surface area contributed by atoms with Gasteiger partial charge in [-0.2, -0.15) is 4.98 Å². The summed E-state index contributed by atoms with van der Waals surface area (Å²) in [6.45, 7) is 4.64. The van der Waals surface area contributed by atoms with Crippen LogP contribution in [0.4, 0.5) is 0 Å². The van der Waals surface area contributed by atoms with Gasteiger partial charge in [-0.05, 0) is 19.8 Å². The minimum atomic E-state index is -0.439. The molecule has 110 valence electrons. The first-order chi connectivity index (χ1) is 9.74. The van der Waals surface area contributed by atoms with E-state index in [9.17, 15) is 4.79 Å². The Morgan fingerprint density at radius 2 is 2.10 bits per heavy atom. The van der Waals surface area contributed by atoms with Crippen molar-refractivity contribution in [2.24, 2.45) is 0 Å². The molecule has 2 aliphatic rings.